The van der Waals surface area contributed by atoms with E-state index in [0.29, 0.717) is 0 Å². The first-order chi connectivity index (χ1) is 11.1. The van der Waals surface area contributed by atoms with Gasteiger partial charge in [-0.2, -0.15) is 0 Å². The van der Waals surface area contributed by atoms with Gasteiger partial charge in [0.25, 0.3) is 0 Å². The van der Waals surface area contributed by atoms with Crippen LogP contribution in [0.3, 0.4) is 0 Å². The maximum absolute atomic E-state index is 5.31. The van der Waals surface area contributed by atoms with Gasteiger partial charge in [0.05, 0.1) is 7.11 Å². The third-order valence-electron chi connectivity index (χ3n) is 4.65. The van der Waals surface area contributed by atoms with Crippen LogP contribution in [0.4, 0.5) is 0 Å². The maximum atomic E-state index is 5.31. The standard InChI is InChI=1S/C22H22O.CH4/c1-17-9-11-19(12-10-17)22(2,18-7-5-4-6-8-18)20-13-15-21(23-3)16-14-20;/h4-16H,1-3H3;1H4. The second-order valence-corrected chi connectivity index (χ2v) is 6.09. The van der Waals surface area contributed by atoms with Crippen molar-refractivity contribution in [2.24, 2.45) is 0 Å². The molecule has 1 atom stereocenters. The second kappa shape index (κ2) is 7.35. The van der Waals surface area contributed by atoms with Crippen molar-refractivity contribution < 1.29 is 4.74 Å². The molecule has 124 valence electrons. The monoisotopic (exact) mass is 318 g/mol. The van der Waals surface area contributed by atoms with Gasteiger partial charge < -0.3 is 4.74 Å². The first kappa shape index (κ1) is 17.8. The summed E-state index contributed by atoms with van der Waals surface area (Å²) < 4.78 is 5.31. The Morgan fingerprint density at radius 3 is 1.62 bits per heavy atom. The molecule has 0 bridgehead atoms. The van der Waals surface area contributed by atoms with Crippen LogP contribution in [0.25, 0.3) is 0 Å². The van der Waals surface area contributed by atoms with Crippen LogP contribution in [0.15, 0.2) is 78.9 Å². The summed E-state index contributed by atoms with van der Waals surface area (Å²) in [5.74, 6) is 0.882. The minimum Gasteiger partial charge on any atom is -0.497 e. The Hall–Kier alpha value is -2.54. The number of rotatable bonds is 4. The Morgan fingerprint density at radius 1 is 0.667 bits per heavy atom. The molecule has 3 aromatic carbocycles. The lowest BCUT2D eigenvalue weighted by molar-refractivity contribution is 0.414. The average Bonchev–Trinajstić information content (AvgIpc) is 2.62. The zero-order valence-corrected chi connectivity index (χ0v) is 13.9. The van der Waals surface area contributed by atoms with Crippen LogP contribution in [0.5, 0.6) is 5.75 Å². The molecule has 0 fully saturated rings. The minimum absolute atomic E-state index is 0. The molecule has 3 aromatic rings. The molecule has 24 heavy (non-hydrogen) atoms. The first-order valence-corrected chi connectivity index (χ1v) is 7.92. The SMILES string of the molecule is C.COc1ccc(C(C)(c2ccccc2)c2ccc(C)cc2)cc1. The fraction of sp³-hybridized carbons (Fsp3) is 0.217. The van der Waals surface area contributed by atoms with E-state index < -0.39 is 0 Å². The Balaban J connectivity index is 0.00000208. The summed E-state index contributed by atoms with van der Waals surface area (Å²) in [5.41, 5.74) is 4.92. The number of benzene rings is 3. The van der Waals surface area contributed by atoms with E-state index in [-0.39, 0.29) is 12.8 Å². The number of hydrogen-bond donors (Lipinski definition) is 0. The third-order valence-corrected chi connectivity index (χ3v) is 4.65. The molecule has 0 saturated carbocycles. The van der Waals surface area contributed by atoms with Gasteiger partial charge in [-0.05, 0) is 42.7 Å². The van der Waals surface area contributed by atoms with Gasteiger partial charge in [-0.15, -0.1) is 0 Å². The summed E-state index contributed by atoms with van der Waals surface area (Å²) in [7, 11) is 1.70. The van der Waals surface area contributed by atoms with E-state index in [1.807, 2.05) is 12.1 Å². The Morgan fingerprint density at radius 2 is 1.12 bits per heavy atom. The molecule has 0 aliphatic rings. The van der Waals surface area contributed by atoms with E-state index >= 15 is 0 Å². The van der Waals surface area contributed by atoms with Gasteiger partial charge in [0.2, 0.25) is 0 Å². The highest BCUT2D eigenvalue weighted by atomic mass is 16.5. The Labute approximate surface area is 145 Å². The lowest BCUT2D eigenvalue weighted by atomic mass is 9.71. The highest BCUT2D eigenvalue weighted by Crippen LogP contribution is 2.39. The van der Waals surface area contributed by atoms with Crippen molar-refractivity contribution in [2.45, 2.75) is 26.7 Å². The summed E-state index contributed by atoms with van der Waals surface area (Å²) >= 11 is 0. The molecule has 0 aromatic heterocycles. The second-order valence-electron chi connectivity index (χ2n) is 6.09. The number of hydrogen-bond acceptors (Lipinski definition) is 1. The summed E-state index contributed by atoms with van der Waals surface area (Å²) in [6.07, 6.45) is 0. The third kappa shape index (κ3) is 3.21. The predicted molar refractivity (Wildman–Crippen MR) is 103 cm³/mol. The van der Waals surface area contributed by atoms with Gasteiger partial charge in [-0.1, -0.05) is 79.7 Å². The lowest BCUT2D eigenvalue weighted by Gasteiger charge is -2.32. The Kier molecular flexibility index (Phi) is 5.46. The van der Waals surface area contributed by atoms with Gasteiger partial charge in [0, 0.05) is 5.41 Å². The fourth-order valence-electron chi connectivity index (χ4n) is 3.08. The summed E-state index contributed by atoms with van der Waals surface area (Å²) in [4.78, 5) is 0. The van der Waals surface area contributed by atoms with Crippen molar-refractivity contribution in [3.8, 4) is 5.75 Å². The number of ether oxygens (including phenoxy) is 1. The molecule has 0 amide bonds. The van der Waals surface area contributed by atoms with Gasteiger partial charge in [0.1, 0.15) is 5.75 Å². The highest BCUT2D eigenvalue weighted by Gasteiger charge is 2.30. The summed E-state index contributed by atoms with van der Waals surface area (Å²) in [5, 5.41) is 0. The van der Waals surface area contributed by atoms with Crippen LogP contribution in [-0.4, -0.2) is 7.11 Å². The van der Waals surface area contributed by atoms with Crippen LogP contribution in [0, 0.1) is 6.92 Å². The zero-order chi connectivity index (χ0) is 16.3. The van der Waals surface area contributed by atoms with Crippen LogP contribution in [-0.2, 0) is 5.41 Å². The van der Waals surface area contributed by atoms with Gasteiger partial charge >= 0.3 is 0 Å². The van der Waals surface area contributed by atoms with Crippen molar-refractivity contribution in [3.05, 3.63) is 101 Å². The fourth-order valence-corrected chi connectivity index (χ4v) is 3.08. The Bertz CT molecular complexity index is 757. The normalized spacial score (nSPS) is 12.8. The molecule has 0 saturated heterocycles. The maximum Gasteiger partial charge on any atom is 0.118 e. The summed E-state index contributed by atoms with van der Waals surface area (Å²) in [6, 6.07) is 27.9. The predicted octanol–water partition coefficient (Wildman–Crippen LogP) is 5.99. The van der Waals surface area contributed by atoms with E-state index in [9.17, 15) is 0 Å². The van der Waals surface area contributed by atoms with Crippen molar-refractivity contribution in [1.29, 1.82) is 0 Å². The molecule has 0 radical (unpaired) electrons. The molecule has 3 rings (SSSR count). The topological polar surface area (TPSA) is 9.23 Å². The van der Waals surface area contributed by atoms with E-state index in [1.54, 1.807) is 7.11 Å². The number of methoxy groups -OCH3 is 1. The lowest BCUT2D eigenvalue weighted by Crippen LogP contribution is -2.25. The molecule has 0 heterocycles. The molecular weight excluding hydrogens is 292 g/mol. The van der Waals surface area contributed by atoms with Gasteiger partial charge in [-0.25, -0.2) is 0 Å². The van der Waals surface area contributed by atoms with E-state index in [2.05, 4.69) is 80.6 Å². The minimum atomic E-state index is -0.193. The molecule has 0 aliphatic carbocycles. The quantitative estimate of drug-likeness (QED) is 0.536. The van der Waals surface area contributed by atoms with Gasteiger partial charge in [-0.3, -0.25) is 0 Å². The molecular formula is C23H26O. The molecule has 1 nitrogen and oxygen atoms in total. The largest absolute Gasteiger partial charge is 0.497 e. The van der Waals surface area contributed by atoms with Crippen molar-refractivity contribution in [2.75, 3.05) is 7.11 Å². The van der Waals surface area contributed by atoms with Crippen LogP contribution in [0.1, 0.15) is 36.6 Å². The molecule has 1 unspecified atom stereocenters. The van der Waals surface area contributed by atoms with Crippen LogP contribution >= 0.6 is 0 Å². The van der Waals surface area contributed by atoms with E-state index in [4.69, 9.17) is 4.74 Å². The van der Waals surface area contributed by atoms with Crippen molar-refractivity contribution in [1.82, 2.24) is 0 Å². The van der Waals surface area contributed by atoms with Gasteiger partial charge in [0.15, 0.2) is 0 Å². The van der Waals surface area contributed by atoms with Crippen molar-refractivity contribution >= 4 is 0 Å². The molecule has 0 aliphatic heterocycles. The van der Waals surface area contributed by atoms with Crippen LogP contribution in [0.2, 0.25) is 0 Å². The van der Waals surface area contributed by atoms with E-state index in [0.717, 1.165) is 5.75 Å². The molecule has 0 N–H and O–H groups in total. The molecule has 0 spiro atoms. The summed E-state index contributed by atoms with van der Waals surface area (Å²) in [6.45, 7) is 4.41. The zero-order valence-electron chi connectivity index (χ0n) is 13.9. The molecule has 1 heteroatoms. The van der Waals surface area contributed by atoms with Crippen molar-refractivity contribution in [3.63, 3.8) is 0 Å². The first-order valence-electron chi connectivity index (χ1n) is 7.92. The number of aryl methyl sites for hydroxylation is 1. The van der Waals surface area contributed by atoms with Crippen LogP contribution < -0.4 is 4.74 Å². The highest BCUT2D eigenvalue weighted by molar-refractivity contribution is 5.50. The van der Waals surface area contributed by atoms with E-state index in [1.165, 1.54) is 22.3 Å². The smallest absolute Gasteiger partial charge is 0.118 e. The average molecular weight is 318 g/mol.